The van der Waals surface area contributed by atoms with E-state index in [1.807, 2.05) is 0 Å². The Morgan fingerprint density at radius 1 is 1.00 bits per heavy atom. The first kappa shape index (κ1) is 23.9. The molecule has 0 heterocycles. The van der Waals surface area contributed by atoms with Crippen LogP contribution in [0.3, 0.4) is 0 Å². The molecule has 0 amide bonds. The van der Waals surface area contributed by atoms with Gasteiger partial charge in [0.1, 0.15) is 0 Å². The molecule has 0 bridgehead atoms. The molecule has 0 saturated heterocycles. The van der Waals surface area contributed by atoms with Crippen LogP contribution in [0.25, 0.3) is 16.7 Å². The van der Waals surface area contributed by atoms with Crippen molar-refractivity contribution in [3.05, 3.63) is 76.4 Å². The fourth-order valence-electron chi connectivity index (χ4n) is 4.94. The first-order valence-electron chi connectivity index (χ1n) is 9.96. The second-order valence-electron chi connectivity index (χ2n) is 8.14. The maximum atomic E-state index is 2.51. The Balaban J connectivity index is 0.00000140. The monoisotopic (exact) mass is 507 g/mol. The predicted molar refractivity (Wildman–Crippen MR) is 129 cm³/mol. The minimum absolute atomic E-state index is 0. The summed E-state index contributed by atoms with van der Waals surface area (Å²) in [6.45, 7) is 11.9. The quantitative estimate of drug-likeness (QED) is 0.384. The number of rotatable bonds is 4. The van der Waals surface area contributed by atoms with Gasteiger partial charge < -0.3 is 0 Å². The molecule has 1 atom stereocenters. The van der Waals surface area contributed by atoms with Crippen molar-refractivity contribution in [1.29, 1.82) is 0 Å². The van der Waals surface area contributed by atoms with Gasteiger partial charge in [-0.05, 0) is 0 Å². The van der Waals surface area contributed by atoms with Gasteiger partial charge in [0.25, 0.3) is 0 Å². The van der Waals surface area contributed by atoms with E-state index in [9.17, 15) is 0 Å². The molecule has 0 saturated carbocycles. The molecular formula is C24H31Cl2SiZr. The number of hydrogen-bond donors (Lipinski definition) is 0. The van der Waals surface area contributed by atoms with Gasteiger partial charge in [0, 0.05) is 0 Å². The van der Waals surface area contributed by atoms with Gasteiger partial charge in [-0.1, -0.05) is 0 Å². The second-order valence-corrected chi connectivity index (χ2v) is 28.1. The molecule has 0 aromatic heterocycles. The summed E-state index contributed by atoms with van der Waals surface area (Å²) in [7, 11) is 0. The Bertz CT molecular complexity index is 996. The van der Waals surface area contributed by atoms with E-state index in [1.165, 1.54) is 36.1 Å². The van der Waals surface area contributed by atoms with Crippen molar-refractivity contribution in [1.82, 2.24) is 0 Å². The summed E-state index contributed by atoms with van der Waals surface area (Å²) < 4.78 is 3.55. The topological polar surface area (TPSA) is 0 Å². The van der Waals surface area contributed by atoms with E-state index in [0.29, 0.717) is 3.63 Å². The average Bonchev–Trinajstić information content (AvgIpc) is 3.27. The molecule has 0 fully saturated rings. The zero-order valence-corrected chi connectivity index (χ0v) is 22.8. The Hall–Kier alpha value is -0.400. The molecule has 0 aliphatic heterocycles. The van der Waals surface area contributed by atoms with E-state index in [2.05, 4.69) is 83.1 Å². The van der Waals surface area contributed by atoms with E-state index in [4.69, 9.17) is 0 Å². The van der Waals surface area contributed by atoms with Crippen LogP contribution in [0.4, 0.5) is 0 Å². The van der Waals surface area contributed by atoms with Crippen molar-refractivity contribution < 1.29 is 18.9 Å². The third-order valence-corrected chi connectivity index (χ3v) is 26.4. The number of fused-ring (bicyclic) bond motifs is 3. The summed E-state index contributed by atoms with van der Waals surface area (Å²) in [5.74, 6) is 0. The molecule has 2 aromatic carbocycles. The van der Waals surface area contributed by atoms with Crippen LogP contribution in [0.1, 0.15) is 51.7 Å². The molecule has 0 nitrogen and oxygen atoms in total. The molecule has 0 spiro atoms. The predicted octanol–water partition coefficient (Wildman–Crippen LogP) is 7.14. The SMILES string of the molecule is C[CH2][Zr](=[SiH2])([CH2]C)[CH]1c2cc(C)ccc2-c2ccc(C)c(C3=CC=CC3)c21.Cl.Cl. The van der Waals surface area contributed by atoms with Crippen LogP contribution in [-0.4, -0.2) is 6.88 Å². The van der Waals surface area contributed by atoms with Crippen LogP contribution in [0, 0.1) is 13.8 Å². The van der Waals surface area contributed by atoms with Gasteiger partial charge >= 0.3 is 165 Å². The van der Waals surface area contributed by atoms with Crippen molar-refractivity contribution in [3.63, 3.8) is 0 Å². The van der Waals surface area contributed by atoms with Crippen LogP contribution < -0.4 is 0 Å². The number of benzene rings is 2. The molecule has 149 valence electrons. The second kappa shape index (κ2) is 9.17. The average molecular weight is 510 g/mol. The number of allylic oxidation sites excluding steroid dienone is 4. The zero-order valence-electron chi connectivity index (χ0n) is 17.3. The summed E-state index contributed by atoms with van der Waals surface area (Å²) in [6.07, 6.45) is 7.98. The smallest absolute Gasteiger partial charge is 0.147 e. The van der Waals surface area contributed by atoms with E-state index in [-0.39, 0.29) is 24.8 Å². The fraction of sp³-hybridized carbons (Fsp3) is 0.333. The summed E-state index contributed by atoms with van der Waals surface area (Å²) in [5.41, 5.74) is 12.3. The van der Waals surface area contributed by atoms with E-state index < -0.39 is 18.9 Å². The first-order chi connectivity index (χ1) is 12.5. The fourth-order valence-corrected chi connectivity index (χ4v) is 15.1. The molecule has 1 unspecified atom stereocenters. The van der Waals surface area contributed by atoms with E-state index >= 15 is 0 Å². The van der Waals surface area contributed by atoms with Crippen molar-refractivity contribution in [2.45, 2.75) is 46.0 Å². The van der Waals surface area contributed by atoms with Crippen molar-refractivity contribution in [2.24, 2.45) is 0 Å². The standard InChI is InChI=1S/C20H17.2C2H5.2ClH.H2Si.Zr/c1-13-7-9-17-16(11-13)12-19-18(17)10-8-14(2)20(19)15-5-3-4-6-15;2*1-2;;;;/h3-5,7-12H,6H2,1-2H3;2*1H2,2H3;2*1H;1H2;. The van der Waals surface area contributed by atoms with Gasteiger partial charge in [0.15, 0.2) is 0 Å². The van der Waals surface area contributed by atoms with Crippen molar-refractivity contribution in [2.75, 3.05) is 0 Å². The summed E-state index contributed by atoms with van der Waals surface area (Å²) in [5, 5.41) is 0. The van der Waals surface area contributed by atoms with Crippen LogP contribution in [-0.2, 0) is 18.9 Å². The molecule has 2 aliphatic carbocycles. The number of halogens is 2. The molecule has 4 rings (SSSR count). The van der Waals surface area contributed by atoms with Gasteiger partial charge in [-0.2, -0.15) is 0 Å². The molecule has 2 aliphatic rings. The Morgan fingerprint density at radius 3 is 2.29 bits per heavy atom. The summed E-state index contributed by atoms with van der Waals surface area (Å²) >= 11 is -2.30. The number of aryl methyl sites for hydroxylation is 2. The van der Waals surface area contributed by atoms with Crippen LogP contribution in [0.5, 0.6) is 0 Å². The van der Waals surface area contributed by atoms with Crippen molar-refractivity contribution >= 4 is 37.3 Å². The van der Waals surface area contributed by atoms with Crippen LogP contribution >= 0.6 is 24.8 Å². The van der Waals surface area contributed by atoms with Gasteiger partial charge in [-0.25, -0.2) is 0 Å². The molecule has 0 N–H and O–H groups in total. The van der Waals surface area contributed by atoms with E-state index in [0.717, 1.165) is 6.42 Å². The third-order valence-electron chi connectivity index (χ3n) is 6.66. The third kappa shape index (κ3) is 3.71. The molecule has 0 radical (unpaired) electrons. The number of hydrogen-bond acceptors (Lipinski definition) is 0. The molecule has 28 heavy (non-hydrogen) atoms. The summed E-state index contributed by atoms with van der Waals surface area (Å²) in [6, 6.07) is 12.0. The first-order valence-corrected chi connectivity index (χ1v) is 20.8. The van der Waals surface area contributed by atoms with Crippen molar-refractivity contribution in [3.8, 4) is 11.1 Å². The minimum atomic E-state index is -2.30. The van der Waals surface area contributed by atoms with Gasteiger partial charge in [-0.15, -0.1) is 24.8 Å². The maximum absolute atomic E-state index is 2.51. The zero-order chi connectivity index (χ0) is 18.5. The Labute approximate surface area is 188 Å². The normalized spacial score (nSPS) is 16.7. The van der Waals surface area contributed by atoms with E-state index in [1.54, 1.807) is 16.7 Å². The largest absolute Gasteiger partial charge is 0.147 e. The Kier molecular flexibility index (Phi) is 7.82. The minimum Gasteiger partial charge on any atom is -0.147 e. The molecule has 2 aromatic rings. The molecular weight excluding hydrogens is 478 g/mol. The molecule has 4 heteroatoms. The van der Waals surface area contributed by atoms with Gasteiger partial charge in [0.05, 0.1) is 0 Å². The Morgan fingerprint density at radius 2 is 1.68 bits per heavy atom. The van der Waals surface area contributed by atoms with Crippen LogP contribution in [0.2, 0.25) is 8.26 Å². The maximum Gasteiger partial charge on any atom is -0.147 e. The van der Waals surface area contributed by atoms with Gasteiger partial charge in [0.2, 0.25) is 0 Å². The van der Waals surface area contributed by atoms with Crippen LogP contribution in [0.15, 0.2) is 48.6 Å². The summed E-state index contributed by atoms with van der Waals surface area (Å²) in [4.78, 5) is 0. The van der Waals surface area contributed by atoms with Gasteiger partial charge in [-0.3, -0.25) is 0 Å².